The Bertz CT molecular complexity index is 311. The Hall–Kier alpha value is -0.610. The fourth-order valence-electron chi connectivity index (χ4n) is 3.49. The van der Waals surface area contributed by atoms with Gasteiger partial charge < -0.3 is 10.6 Å². The van der Waals surface area contributed by atoms with Gasteiger partial charge in [-0.2, -0.15) is 0 Å². The molecule has 1 rings (SSSR count). The van der Waals surface area contributed by atoms with E-state index in [2.05, 4.69) is 18.7 Å². The Morgan fingerprint density at radius 1 is 1.24 bits per heavy atom. The molecule has 2 N–H and O–H groups in total. The monoisotopic (exact) mass is 297 g/mol. The van der Waals surface area contributed by atoms with Crippen molar-refractivity contribution in [2.45, 2.75) is 64.8 Å². The van der Waals surface area contributed by atoms with Gasteiger partial charge in [-0.25, -0.2) is 0 Å². The molecule has 0 saturated heterocycles. The first-order valence-corrected chi connectivity index (χ1v) is 8.72. The van der Waals surface area contributed by atoms with Crippen LogP contribution in [0.5, 0.6) is 0 Å². The van der Waals surface area contributed by atoms with Crippen LogP contribution in [0.1, 0.15) is 59.3 Å². The molecule has 0 atom stereocenters. The summed E-state index contributed by atoms with van der Waals surface area (Å²) in [5.74, 6) is 1.07. The number of nitrogens with zero attached hydrogens (tertiary/aromatic N) is 2. The summed E-state index contributed by atoms with van der Waals surface area (Å²) in [7, 11) is 1.88. The lowest BCUT2D eigenvalue weighted by molar-refractivity contribution is -0.133. The predicted octanol–water partition coefficient (Wildman–Crippen LogP) is 2.47. The van der Waals surface area contributed by atoms with Crippen molar-refractivity contribution in [3.63, 3.8) is 0 Å². The van der Waals surface area contributed by atoms with Crippen molar-refractivity contribution in [1.82, 2.24) is 9.80 Å². The van der Waals surface area contributed by atoms with Gasteiger partial charge in [0.1, 0.15) is 0 Å². The highest BCUT2D eigenvalue weighted by molar-refractivity contribution is 5.78. The lowest BCUT2D eigenvalue weighted by Gasteiger charge is -2.47. The molecule has 0 aromatic heterocycles. The summed E-state index contributed by atoms with van der Waals surface area (Å²) < 4.78 is 0. The van der Waals surface area contributed by atoms with Crippen LogP contribution < -0.4 is 5.73 Å². The predicted molar refractivity (Wildman–Crippen MR) is 89.2 cm³/mol. The van der Waals surface area contributed by atoms with Crippen LogP contribution in [0.25, 0.3) is 0 Å². The van der Waals surface area contributed by atoms with Crippen LogP contribution in [0.3, 0.4) is 0 Å². The highest BCUT2D eigenvalue weighted by Gasteiger charge is 2.39. The van der Waals surface area contributed by atoms with Crippen molar-refractivity contribution < 1.29 is 4.79 Å². The van der Waals surface area contributed by atoms with Gasteiger partial charge in [0, 0.05) is 25.7 Å². The lowest BCUT2D eigenvalue weighted by atomic mass is 9.74. The average Bonchev–Trinajstić information content (AvgIpc) is 2.53. The van der Waals surface area contributed by atoms with E-state index in [1.54, 1.807) is 0 Å². The Kier molecular flexibility index (Phi) is 7.67. The summed E-state index contributed by atoms with van der Waals surface area (Å²) in [6, 6.07) is 0. The van der Waals surface area contributed by atoms with Crippen molar-refractivity contribution in [2.24, 2.45) is 11.7 Å². The minimum absolute atomic E-state index is 0.0475. The topological polar surface area (TPSA) is 49.6 Å². The molecule has 1 amide bonds. The van der Waals surface area contributed by atoms with Gasteiger partial charge in [-0.15, -0.1) is 0 Å². The van der Waals surface area contributed by atoms with Gasteiger partial charge >= 0.3 is 0 Å². The molecule has 0 unspecified atom stereocenters. The van der Waals surface area contributed by atoms with E-state index in [0.29, 0.717) is 13.1 Å². The third kappa shape index (κ3) is 4.68. The molecule has 0 aromatic rings. The molecular formula is C17H35N3O. The van der Waals surface area contributed by atoms with E-state index in [-0.39, 0.29) is 11.4 Å². The summed E-state index contributed by atoms with van der Waals surface area (Å²) in [6.07, 6.45) is 7.14. The second-order valence-corrected chi connectivity index (χ2v) is 6.61. The van der Waals surface area contributed by atoms with E-state index < -0.39 is 0 Å². The standard InChI is InChI=1S/C17H35N3O/c1-5-12-20(13-16(21)19(4)7-3)17(14-18)10-8-15(6-2)9-11-17/h15H,5-14,18H2,1-4H3. The number of nitrogens with two attached hydrogens (primary N) is 1. The number of hydrogen-bond acceptors (Lipinski definition) is 3. The zero-order chi connectivity index (χ0) is 15.9. The summed E-state index contributed by atoms with van der Waals surface area (Å²) in [6.45, 7) is 9.42. The van der Waals surface area contributed by atoms with Gasteiger partial charge in [0.15, 0.2) is 0 Å². The molecule has 124 valence electrons. The molecule has 0 aliphatic heterocycles. The quantitative estimate of drug-likeness (QED) is 0.749. The zero-order valence-corrected chi connectivity index (χ0v) is 14.5. The normalized spacial score (nSPS) is 26.1. The Balaban J connectivity index is 2.78. The van der Waals surface area contributed by atoms with E-state index in [9.17, 15) is 4.79 Å². The van der Waals surface area contributed by atoms with Crippen molar-refractivity contribution >= 4 is 5.91 Å². The van der Waals surface area contributed by atoms with Gasteiger partial charge in [0.25, 0.3) is 0 Å². The molecule has 0 spiro atoms. The summed E-state index contributed by atoms with van der Waals surface area (Å²) in [4.78, 5) is 16.5. The largest absolute Gasteiger partial charge is 0.345 e. The molecule has 21 heavy (non-hydrogen) atoms. The molecule has 0 bridgehead atoms. The molecule has 4 nitrogen and oxygen atoms in total. The first-order chi connectivity index (χ1) is 10.0. The minimum Gasteiger partial charge on any atom is -0.345 e. The fraction of sp³-hybridized carbons (Fsp3) is 0.941. The van der Waals surface area contributed by atoms with Crippen LogP contribution in [0.15, 0.2) is 0 Å². The molecule has 4 heteroatoms. The summed E-state index contributed by atoms with van der Waals surface area (Å²) in [5.41, 5.74) is 6.22. The maximum Gasteiger partial charge on any atom is 0.236 e. The van der Waals surface area contributed by atoms with Crippen molar-refractivity contribution in [3.8, 4) is 0 Å². The molecular weight excluding hydrogens is 262 g/mol. The van der Waals surface area contributed by atoms with E-state index in [1.165, 1.54) is 19.3 Å². The smallest absolute Gasteiger partial charge is 0.236 e. The maximum absolute atomic E-state index is 12.3. The number of likely N-dealkylation sites (N-methyl/N-ethyl adjacent to an activating group) is 1. The van der Waals surface area contributed by atoms with E-state index in [1.807, 2.05) is 18.9 Å². The second-order valence-electron chi connectivity index (χ2n) is 6.61. The summed E-state index contributed by atoms with van der Waals surface area (Å²) in [5, 5.41) is 0. The van der Waals surface area contributed by atoms with Gasteiger partial charge in [-0.1, -0.05) is 20.3 Å². The second kappa shape index (κ2) is 8.74. The van der Waals surface area contributed by atoms with Crippen LogP contribution in [0.4, 0.5) is 0 Å². The first kappa shape index (κ1) is 18.4. The molecule has 0 aromatic carbocycles. The van der Waals surface area contributed by atoms with Crippen LogP contribution in [0.2, 0.25) is 0 Å². The molecule has 0 radical (unpaired) electrons. The van der Waals surface area contributed by atoms with Crippen LogP contribution in [-0.4, -0.2) is 54.5 Å². The zero-order valence-electron chi connectivity index (χ0n) is 14.5. The van der Waals surface area contributed by atoms with Crippen molar-refractivity contribution in [1.29, 1.82) is 0 Å². The fourth-order valence-corrected chi connectivity index (χ4v) is 3.49. The number of amides is 1. The lowest BCUT2D eigenvalue weighted by Crippen LogP contribution is -2.58. The molecule has 1 aliphatic carbocycles. The van der Waals surface area contributed by atoms with E-state index in [0.717, 1.165) is 38.3 Å². The van der Waals surface area contributed by atoms with Gasteiger partial charge in [0.05, 0.1) is 6.54 Å². The Labute approximate surface area is 131 Å². The third-order valence-electron chi connectivity index (χ3n) is 5.38. The van der Waals surface area contributed by atoms with Gasteiger partial charge in [-0.05, 0) is 51.5 Å². The van der Waals surface area contributed by atoms with Crippen LogP contribution in [-0.2, 0) is 4.79 Å². The average molecular weight is 297 g/mol. The highest BCUT2D eigenvalue weighted by atomic mass is 16.2. The Morgan fingerprint density at radius 3 is 2.29 bits per heavy atom. The van der Waals surface area contributed by atoms with Crippen LogP contribution >= 0.6 is 0 Å². The molecule has 0 heterocycles. The first-order valence-electron chi connectivity index (χ1n) is 8.72. The SMILES string of the molecule is CCCN(CC(=O)N(C)CC)C1(CN)CCC(CC)CC1. The number of hydrogen-bond donors (Lipinski definition) is 1. The van der Waals surface area contributed by atoms with E-state index >= 15 is 0 Å². The molecule has 1 saturated carbocycles. The third-order valence-corrected chi connectivity index (χ3v) is 5.38. The minimum atomic E-state index is 0.0475. The summed E-state index contributed by atoms with van der Waals surface area (Å²) >= 11 is 0. The Morgan fingerprint density at radius 2 is 1.86 bits per heavy atom. The molecule has 1 fully saturated rings. The highest BCUT2D eigenvalue weighted by Crippen LogP contribution is 2.37. The van der Waals surface area contributed by atoms with Crippen LogP contribution in [0, 0.1) is 5.92 Å². The van der Waals surface area contributed by atoms with Crippen molar-refractivity contribution in [2.75, 3.05) is 33.2 Å². The maximum atomic E-state index is 12.3. The van der Waals surface area contributed by atoms with Gasteiger partial charge in [0.2, 0.25) is 5.91 Å². The van der Waals surface area contributed by atoms with Crippen molar-refractivity contribution in [3.05, 3.63) is 0 Å². The molecule has 1 aliphatic rings. The number of rotatable bonds is 8. The van der Waals surface area contributed by atoms with Gasteiger partial charge in [-0.3, -0.25) is 9.69 Å². The van der Waals surface area contributed by atoms with E-state index in [4.69, 9.17) is 5.73 Å². The number of carbonyl (C=O) groups is 1. The number of carbonyl (C=O) groups excluding carboxylic acids is 1.